The van der Waals surface area contributed by atoms with Crippen LogP contribution < -0.4 is 5.56 Å². The van der Waals surface area contributed by atoms with Crippen molar-refractivity contribution in [1.29, 1.82) is 5.26 Å². The molecule has 0 aliphatic heterocycles. The molecule has 0 saturated carbocycles. The molecule has 0 unspecified atom stereocenters. The summed E-state index contributed by atoms with van der Waals surface area (Å²) in [5, 5.41) is 9.31. The molecule has 0 spiro atoms. The molecule has 1 heterocycles. The summed E-state index contributed by atoms with van der Waals surface area (Å²) in [4.78, 5) is 16.4. The van der Waals surface area contributed by atoms with E-state index in [0.29, 0.717) is 14.8 Å². The maximum atomic E-state index is 11.9. The van der Waals surface area contributed by atoms with Crippen molar-refractivity contribution >= 4 is 34.4 Å². The van der Waals surface area contributed by atoms with E-state index in [1.165, 1.54) is 22.9 Å². The summed E-state index contributed by atoms with van der Waals surface area (Å²) in [7, 11) is 0. The van der Waals surface area contributed by atoms with Crippen LogP contribution in [-0.2, 0) is 0 Å². The number of nitrogens with zero attached hydrogens (tertiary/aromatic N) is 1. The van der Waals surface area contributed by atoms with Gasteiger partial charge in [-0.05, 0) is 66.6 Å². The highest BCUT2D eigenvalue weighted by molar-refractivity contribution is 14.1. The quantitative estimate of drug-likeness (QED) is 0.783. The number of rotatable bonds is 2. The molecular formula is C15H13IN2OS. The van der Waals surface area contributed by atoms with Crippen molar-refractivity contribution in [3.63, 3.8) is 0 Å². The van der Waals surface area contributed by atoms with E-state index in [4.69, 9.17) is 0 Å². The van der Waals surface area contributed by atoms with Gasteiger partial charge in [0.15, 0.2) is 0 Å². The number of nitrogens with one attached hydrogen (secondary N) is 1. The largest absolute Gasteiger partial charge is 0.324 e. The van der Waals surface area contributed by atoms with Gasteiger partial charge in [0.05, 0.1) is 14.0 Å². The lowest BCUT2D eigenvalue weighted by Gasteiger charge is -2.09. The number of hydrogen-bond donors (Lipinski definition) is 1. The highest BCUT2D eigenvalue weighted by Crippen LogP contribution is 2.34. The van der Waals surface area contributed by atoms with Gasteiger partial charge in [0, 0.05) is 10.6 Å². The van der Waals surface area contributed by atoms with Crippen LogP contribution in [0.15, 0.2) is 32.8 Å². The summed E-state index contributed by atoms with van der Waals surface area (Å²) >= 11 is 3.47. The summed E-state index contributed by atoms with van der Waals surface area (Å²) in [5.41, 5.74) is 3.35. The Morgan fingerprint density at radius 3 is 2.35 bits per heavy atom. The fourth-order valence-corrected chi connectivity index (χ4v) is 3.95. The van der Waals surface area contributed by atoms with Crippen molar-refractivity contribution in [3.8, 4) is 6.07 Å². The maximum Gasteiger partial charge on any atom is 0.262 e. The third-order valence-electron chi connectivity index (χ3n) is 2.83. The molecule has 0 radical (unpaired) electrons. The first-order valence-electron chi connectivity index (χ1n) is 6.01. The Hall–Kier alpha value is -1.26. The molecule has 0 aliphatic carbocycles. The van der Waals surface area contributed by atoms with Crippen LogP contribution in [0.5, 0.6) is 0 Å². The van der Waals surface area contributed by atoms with E-state index < -0.39 is 0 Å². The number of H-pyrrole nitrogens is 1. The van der Waals surface area contributed by atoms with Crippen molar-refractivity contribution in [3.05, 3.63) is 54.5 Å². The molecule has 0 bridgehead atoms. The van der Waals surface area contributed by atoms with Crippen molar-refractivity contribution in [2.75, 3.05) is 0 Å². The van der Waals surface area contributed by atoms with E-state index >= 15 is 0 Å². The highest BCUT2D eigenvalue weighted by atomic mass is 127. The number of nitriles is 1. The topological polar surface area (TPSA) is 56.6 Å². The van der Waals surface area contributed by atoms with Gasteiger partial charge >= 0.3 is 0 Å². The Labute approximate surface area is 135 Å². The second kappa shape index (κ2) is 6.02. The normalized spacial score (nSPS) is 10.3. The number of benzene rings is 1. The first-order valence-corrected chi connectivity index (χ1v) is 7.90. The van der Waals surface area contributed by atoms with Gasteiger partial charge in [-0.2, -0.15) is 5.26 Å². The van der Waals surface area contributed by atoms with Crippen LogP contribution in [0.1, 0.15) is 22.4 Å². The second-order valence-electron chi connectivity index (χ2n) is 4.63. The van der Waals surface area contributed by atoms with Gasteiger partial charge in [-0.3, -0.25) is 4.79 Å². The monoisotopic (exact) mass is 396 g/mol. The SMILES string of the molecule is Cc1cc(C)cc(Sc2c(C#N)c(C)[nH]c(=O)c2I)c1. The molecule has 1 aromatic carbocycles. The lowest BCUT2D eigenvalue weighted by molar-refractivity contribution is 1.06. The van der Waals surface area contributed by atoms with Gasteiger partial charge in [-0.15, -0.1) is 0 Å². The molecule has 0 aliphatic rings. The highest BCUT2D eigenvalue weighted by Gasteiger charge is 2.15. The molecule has 0 saturated heterocycles. The fourth-order valence-electron chi connectivity index (χ4n) is 2.01. The minimum absolute atomic E-state index is 0.144. The summed E-state index contributed by atoms with van der Waals surface area (Å²) in [6, 6.07) is 8.41. The summed E-state index contributed by atoms with van der Waals surface area (Å²) in [6.07, 6.45) is 0. The van der Waals surface area contributed by atoms with Crippen molar-refractivity contribution in [1.82, 2.24) is 4.98 Å². The van der Waals surface area contributed by atoms with Gasteiger partial charge in [0.25, 0.3) is 5.56 Å². The predicted molar refractivity (Wildman–Crippen MR) is 89.3 cm³/mol. The zero-order chi connectivity index (χ0) is 14.9. The van der Waals surface area contributed by atoms with Gasteiger partial charge < -0.3 is 4.98 Å². The van der Waals surface area contributed by atoms with E-state index in [0.717, 1.165) is 9.79 Å². The Morgan fingerprint density at radius 2 is 1.80 bits per heavy atom. The number of hydrogen-bond acceptors (Lipinski definition) is 3. The first kappa shape index (κ1) is 15.1. The molecule has 2 aromatic rings. The van der Waals surface area contributed by atoms with Crippen LogP contribution in [-0.4, -0.2) is 4.98 Å². The van der Waals surface area contributed by atoms with E-state index in [9.17, 15) is 10.1 Å². The van der Waals surface area contributed by atoms with E-state index in [1.54, 1.807) is 6.92 Å². The number of aromatic amines is 1. The van der Waals surface area contributed by atoms with Crippen LogP contribution >= 0.6 is 34.4 Å². The molecule has 20 heavy (non-hydrogen) atoms. The maximum absolute atomic E-state index is 11.9. The standard InChI is InChI=1S/C15H13IN2OS/c1-8-4-9(2)6-11(5-8)20-14-12(7-17)10(3)18-15(19)13(14)16/h4-6H,1-3H3,(H,18,19). The Balaban J connectivity index is 2.59. The Morgan fingerprint density at radius 1 is 1.20 bits per heavy atom. The predicted octanol–water partition coefficient (Wildman–Crippen LogP) is 3.93. The summed E-state index contributed by atoms with van der Waals surface area (Å²) in [5.74, 6) is 0. The number of aromatic nitrogens is 1. The zero-order valence-corrected chi connectivity index (χ0v) is 14.3. The number of halogens is 1. The molecule has 0 amide bonds. The van der Waals surface area contributed by atoms with Crippen LogP contribution in [0.25, 0.3) is 0 Å². The molecule has 0 fully saturated rings. The van der Waals surface area contributed by atoms with Crippen molar-refractivity contribution in [2.45, 2.75) is 30.6 Å². The van der Waals surface area contributed by atoms with Gasteiger partial charge in [-0.1, -0.05) is 17.8 Å². The average Bonchev–Trinajstić information content (AvgIpc) is 2.34. The van der Waals surface area contributed by atoms with Gasteiger partial charge in [0.2, 0.25) is 0 Å². The lowest BCUT2D eigenvalue weighted by Crippen LogP contribution is -2.14. The van der Waals surface area contributed by atoms with E-state index in [2.05, 4.69) is 29.3 Å². The third-order valence-corrected chi connectivity index (χ3v) is 5.31. The molecular weight excluding hydrogens is 383 g/mol. The average molecular weight is 396 g/mol. The third kappa shape index (κ3) is 3.07. The molecule has 5 heteroatoms. The van der Waals surface area contributed by atoms with Crippen molar-refractivity contribution in [2.24, 2.45) is 0 Å². The molecule has 1 aromatic heterocycles. The van der Waals surface area contributed by atoms with Gasteiger partial charge in [0.1, 0.15) is 6.07 Å². The Kier molecular flexibility index (Phi) is 4.55. The number of pyridine rings is 1. The van der Waals surface area contributed by atoms with E-state index in [1.807, 2.05) is 36.4 Å². The number of aryl methyl sites for hydroxylation is 3. The zero-order valence-electron chi connectivity index (χ0n) is 11.4. The smallest absolute Gasteiger partial charge is 0.262 e. The molecule has 102 valence electrons. The lowest BCUT2D eigenvalue weighted by atomic mass is 10.2. The second-order valence-corrected chi connectivity index (χ2v) is 6.80. The molecule has 1 N–H and O–H groups in total. The summed E-state index contributed by atoms with van der Waals surface area (Å²) < 4.78 is 0.564. The van der Waals surface area contributed by atoms with Crippen LogP contribution in [0.3, 0.4) is 0 Å². The molecule has 0 atom stereocenters. The van der Waals surface area contributed by atoms with E-state index in [-0.39, 0.29) is 5.56 Å². The summed E-state index contributed by atoms with van der Waals surface area (Å²) in [6.45, 7) is 5.83. The first-order chi connectivity index (χ1) is 9.42. The Bertz CT molecular complexity index is 754. The fraction of sp³-hybridized carbons (Fsp3) is 0.200. The minimum Gasteiger partial charge on any atom is -0.324 e. The molecule has 2 rings (SSSR count). The minimum atomic E-state index is -0.144. The van der Waals surface area contributed by atoms with Crippen LogP contribution in [0, 0.1) is 35.7 Å². The van der Waals surface area contributed by atoms with Crippen LogP contribution in [0.2, 0.25) is 0 Å². The van der Waals surface area contributed by atoms with Crippen LogP contribution in [0.4, 0.5) is 0 Å². The molecule has 3 nitrogen and oxygen atoms in total. The van der Waals surface area contributed by atoms with Crippen molar-refractivity contribution < 1.29 is 0 Å². The van der Waals surface area contributed by atoms with Gasteiger partial charge in [-0.25, -0.2) is 0 Å².